The molecule has 0 saturated heterocycles. The number of amides is 1. The zero-order valence-corrected chi connectivity index (χ0v) is 15.1. The Hall–Kier alpha value is -2.20. The smallest absolute Gasteiger partial charge is 0.326 e. The topological polar surface area (TPSA) is 75.3 Å². The standard InChI is InChI=1S/C16H15F3N2O3S2/c1-11(22)20-12-6-8-13(9-7-12)26(23,24)21-14-4-2-3-5-15(14)25-10-16(17,18)19/h2-9,21H,10H2,1H3,(H,20,22). The molecule has 0 spiro atoms. The van der Waals surface area contributed by atoms with E-state index in [1.807, 2.05) is 0 Å². The average Bonchev–Trinajstić information content (AvgIpc) is 2.53. The second-order valence-electron chi connectivity index (χ2n) is 5.21. The predicted molar refractivity (Wildman–Crippen MR) is 94.8 cm³/mol. The summed E-state index contributed by atoms with van der Waals surface area (Å²) in [7, 11) is -3.99. The van der Waals surface area contributed by atoms with Crippen molar-refractivity contribution in [2.45, 2.75) is 22.9 Å². The molecular weight excluding hydrogens is 389 g/mol. The zero-order chi connectivity index (χ0) is 19.4. The third-order valence-corrected chi connectivity index (χ3v) is 5.53. The van der Waals surface area contributed by atoms with Crippen molar-refractivity contribution in [3.05, 3.63) is 48.5 Å². The van der Waals surface area contributed by atoms with E-state index >= 15 is 0 Å². The monoisotopic (exact) mass is 404 g/mol. The van der Waals surface area contributed by atoms with E-state index in [4.69, 9.17) is 0 Å². The number of thioether (sulfide) groups is 1. The molecule has 2 N–H and O–H groups in total. The summed E-state index contributed by atoms with van der Waals surface area (Å²) in [6.45, 7) is 1.32. The number of carbonyl (C=O) groups excluding carboxylic acids is 1. The third-order valence-electron chi connectivity index (χ3n) is 3.01. The Kier molecular flexibility index (Phi) is 6.19. The third kappa shape index (κ3) is 5.95. The molecule has 0 saturated carbocycles. The highest BCUT2D eigenvalue weighted by Crippen LogP contribution is 2.33. The van der Waals surface area contributed by atoms with E-state index in [1.165, 1.54) is 55.5 Å². The molecule has 2 rings (SSSR count). The van der Waals surface area contributed by atoms with Gasteiger partial charge in [-0.1, -0.05) is 12.1 Å². The summed E-state index contributed by atoms with van der Waals surface area (Å²) in [5.74, 6) is -1.42. The molecule has 2 aromatic rings. The number of hydrogen-bond acceptors (Lipinski definition) is 4. The molecule has 1 amide bonds. The molecule has 0 radical (unpaired) electrons. The first-order chi connectivity index (χ1) is 12.1. The van der Waals surface area contributed by atoms with Crippen LogP contribution < -0.4 is 10.0 Å². The van der Waals surface area contributed by atoms with Crippen molar-refractivity contribution >= 4 is 39.1 Å². The van der Waals surface area contributed by atoms with Gasteiger partial charge in [-0.05, 0) is 36.4 Å². The van der Waals surface area contributed by atoms with Crippen LogP contribution in [-0.2, 0) is 14.8 Å². The lowest BCUT2D eigenvalue weighted by Gasteiger charge is -2.13. The lowest BCUT2D eigenvalue weighted by Crippen LogP contribution is -2.15. The Morgan fingerprint density at radius 1 is 1.08 bits per heavy atom. The van der Waals surface area contributed by atoms with E-state index in [0.29, 0.717) is 17.4 Å². The summed E-state index contributed by atoms with van der Waals surface area (Å²) in [4.78, 5) is 11.1. The number of rotatable bonds is 6. The number of carbonyl (C=O) groups is 1. The largest absolute Gasteiger partial charge is 0.398 e. The van der Waals surface area contributed by atoms with E-state index in [2.05, 4.69) is 10.0 Å². The number of halogens is 3. The molecule has 0 heterocycles. The van der Waals surface area contributed by atoms with E-state index in [1.54, 1.807) is 0 Å². The molecule has 26 heavy (non-hydrogen) atoms. The van der Waals surface area contributed by atoms with Gasteiger partial charge in [-0.3, -0.25) is 9.52 Å². The lowest BCUT2D eigenvalue weighted by molar-refractivity contribution is -0.114. The molecule has 0 bridgehead atoms. The van der Waals surface area contributed by atoms with Crippen LogP contribution in [0.4, 0.5) is 24.5 Å². The first kappa shape index (κ1) is 20.1. The fourth-order valence-corrected chi connectivity index (χ4v) is 3.87. The normalized spacial score (nSPS) is 11.8. The highest BCUT2D eigenvalue weighted by Gasteiger charge is 2.28. The molecule has 0 aliphatic carbocycles. The molecule has 0 aliphatic heterocycles. The van der Waals surface area contributed by atoms with Crippen LogP contribution in [0.25, 0.3) is 0 Å². The summed E-state index contributed by atoms with van der Waals surface area (Å²) in [6, 6.07) is 11.3. The number of sulfonamides is 1. The molecule has 5 nitrogen and oxygen atoms in total. The van der Waals surface area contributed by atoms with Gasteiger partial charge in [-0.15, -0.1) is 11.8 Å². The van der Waals surface area contributed by atoms with Gasteiger partial charge in [0.15, 0.2) is 0 Å². The highest BCUT2D eigenvalue weighted by atomic mass is 32.2. The minimum atomic E-state index is -4.36. The van der Waals surface area contributed by atoms with Crippen LogP contribution in [-0.4, -0.2) is 26.3 Å². The molecule has 2 aromatic carbocycles. The van der Waals surface area contributed by atoms with Crippen molar-refractivity contribution in [1.82, 2.24) is 0 Å². The van der Waals surface area contributed by atoms with Crippen LogP contribution in [0, 0.1) is 0 Å². The van der Waals surface area contributed by atoms with Crippen molar-refractivity contribution in [2.24, 2.45) is 0 Å². The Morgan fingerprint density at radius 2 is 1.69 bits per heavy atom. The predicted octanol–water partition coefficient (Wildman–Crippen LogP) is 4.10. The quantitative estimate of drug-likeness (QED) is 0.711. The Bertz CT molecular complexity index is 882. The van der Waals surface area contributed by atoms with E-state index < -0.39 is 22.0 Å². The van der Waals surface area contributed by atoms with Crippen LogP contribution in [0.15, 0.2) is 58.3 Å². The molecule has 140 valence electrons. The summed E-state index contributed by atoms with van der Waals surface area (Å²) < 4.78 is 64.5. The lowest BCUT2D eigenvalue weighted by atomic mass is 10.3. The summed E-state index contributed by atoms with van der Waals surface area (Å²) in [6.07, 6.45) is -4.36. The SMILES string of the molecule is CC(=O)Nc1ccc(S(=O)(=O)Nc2ccccc2SCC(F)(F)F)cc1. The van der Waals surface area contributed by atoms with Crippen LogP contribution in [0.3, 0.4) is 0 Å². The summed E-state index contributed by atoms with van der Waals surface area (Å²) in [5.41, 5.74) is 0.491. The number of alkyl halides is 3. The van der Waals surface area contributed by atoms with Gasteiger partial charge >= 0.3 is 6.18 Å². The molecule has 10 heteroatoms. The van der Waals surface area contributed by atoms with Gasteiger partial charge in [-0.2, -0.15) is 13.2 Å². The summed E-state index contributed by atoms with van der Waals surface area (Å²) in [5, 5.41) is 2.51. The van der Waals surface area contributed by atoms with Crippen LogP contribution in [0.2, 0.25) is 0 Å². The summed E-state index contributed by atoms with van der Waals surface area (Å²) >= 11 is 0.500. The van der Waals surface area contributed by atoms with Gasteiger partial charge in [0.05, 0.1) is 16.3 Å². The highest BCUT2D eigenvalue weighted by molar-refractivity contribution is 7.99. The van der Waals surface area contributed by atoms with Crippen molar-refractivity contribution in [2.75, 3.05) is 15.8 Å². The molecule has 0 atom stereocenters. The number of para-hydroxylation sites is 1. The van der Waals surface area contributed by atoms with E-state index in [-0.39, 0.29) is 21.4 Å². The van der Waals surface area contributed by atoms with E-state index in [9.17, 15) is 26.4 Å². The Labute approximate surface area is 153 Å². The fourth-order valence-electron chi connectivity index (χ4n) is 1.96. The van der Waals surface area contributed by atoms with Crippen molar-refractivity contribution in [3.63, 3.8) is 0 Å². The maximum absolute atomic E-state index is 12.5. The van der Waals surface area contributed by atoms with Crippen LogP contribution >= 0.6 is 11.8 Å². The maximum atomic E-state index is 12.5. The minimum absolute atomic E-state index is 0.0627. The number of anilines is 2. The van der Waals surface area contributed by atoms with Crippen LogP contribution in [0.5, 0.6) is 0 Å². The van der Waals surface area contributed by atoms with Crippen LogP contribution in [0.1, 0.15) is 6.92 Å². The molecule has 0 aromatic heterocycles. The average molecular weight is 404 g/mol. The van der Waals surface area contributed by atoms with E-state index in [0.717, 1.165) is 0 Å². The molecule has 0 aliphatic rings. The van der Waals surface area contributed by atoms with Crippen molar-refractivity contribution in [1.29, 1.82) is 0 Å². The minimum Gasteiger partial charge on any atom is -0.326 e. The maximum Gasteiger partial charge on any atom is 0.398 e. The molecule has 0 unspecified atom stereocenters. The first-order valence-electron chi connectivity index (χ1n) is 7.26. The van der Waals surface area contributed by atoms with Crippen molar-refractivity contribution < 1.29 is 26.4 Å². The van der Waals surface area contributed by atoms with Gasteiger partial charge in [0.2, 0.25) is 5.91 Å². The first-order valence-corrected chi connectivity index (χ1v) is 9.73. The molecule has 0 fully saturated rings. The van der Waals surface area contributed by atoms with Gasteiger partial charge in [0, 0.05) is 17.5 Å². The Balaban J connectivity index is 2.20. The second kappa shape index (κ2) is 8.00. The Morgan fingerprint density at radius 3 is 2.27 bits per heavy atom. The molecular formula is C16H15F3N2O3S2. The number of nitrogens with one attached hydrogen (secondary N) is 2. The zero-order valence-electron chi connectivity index (χ0n) is 13.5. The number of benzene rings is 2. The van der Waals surface area contributed by atoms with Gasteiger partial charge in [0.1, 0.15) is 0 Å². The number of hydrogen-bond donors (Lipinski definition) is 2. The van der Waals surface area contributed by atoms with Gasteiger partial charge in [-0.25, -0.2) is 8.42 Å². The van der Waals surface area contributed by atoms with Crippen molar-refractivity contribution in [3.8, 4) is 0 Å². The second-order valence-corrected chi connectivity index (χ2v) is 7.91. The van der Waals surface area contributed by atoms with Gasteiger partial charge in [0.25, 0.3) is 10.0 Å². The fraction of sp³-hybridized carbons (Fsp3) is 0.188. The van der Waals surface area contributed by atoms with Gasteiger partial charge < -0.3 is 5.32 Å².